The zero-order chi connectivity index (χ0) is 16.8. The fourth-order valence-corrected chi connectivity index (χ4v) is 2.60. The van der Waals surface area contributed by atoms with Crippen LogP contribution in [0.15, 0.2) is 24.3 Å². The number of nitrogens with one attached hydrogen (secondary N) is 2. The van der Waals surface area contributed by atoms with Gasteiger partial charge in [0.25, 0.3) is 0 Å². The first kappa shape index (κ1) is 17.8. The number of aromatic nitrogens is 2. The summed E-state index contributed by atoms with van der Waals surface area (Å²) in [6.45, 7) is 6.94. The van der Waals surface area contributed by atoms with Crippen molar-refractivity contribution in [2.75, 3.05) is 17.2 Å². The van der Waals surface area contributed by atoms with Gasteiger partial charge in [0, 0.05) is 34.4 Å². The minimum atomic E-state index is 0.345. The lowest BCUT2D eigenvalue weighted by atomic mass is 10.1. The van der Waals surface area contributed by atoms with E-state index in [1.165, 1.54) is 0 Å². The Labute approximate surface area is 147 Å². The number of benzene rings is 1. The third-order valence-corrected chi connectivity index (χ3v) is 4.14. The Bertz CT molecular complexity index is 661. The van der Waals surface area contributed by atoms with E-state index < -0.39 is 0 Å². The maximum absolute atomic E-state index is 6.19. The molecule has 1 aromatic carbocycles. The van der Waals surface area contributed by atoms with Gasteiger partial charge in [-0.2, -0.15) is 4.98 Å². The number of aryl methyl sites for hydroxylation is 1. The summed E-state index contributed by atoms with van der Waals surface area (Å²) < 4.78 is 0. The Morgan fingerprint density at radius 3 is 2.65 bits per heavy atom. The molecule has 1 atom stereocenters. The minimum absolute atomic E-state index is 0.345. The first-order valence-electron chi connectivity index (χ1n) is 7.78. The van der Waals surface area contributed by atoms with E-state index >= 15 is 0 Å². The van der Waals surface area contributed by atoms with Crippen LogP contribution in [0.4, 0.5) is 11.8 Å². The van der Waals surface area contributed by atoms with Crippen LogP contribution in [0, 0.1) is 6.92 Å². The number of anilines is 2. The van der Waals surface area contributed by atoms with Crippen molar-refractivity contribution in [1.29, 1.82) is 0 Å². The van der Waals surface area contributed by atoms with Crippen LogP contribution >= 0.6 is 23.2 Å². The number of nitrogens with zero attached hydrogens (tertiary/aromatic N) is 2. The van der Waals surface area contributed by atoms with Crippen LogP contribution in [-0.2, 0) is 6.42 Å². The first-order valence-corrected chi connectivity index (χ1v) is 8.53. The SMILES string of the molecule is CCC(C)Nc1nc(C)cc(NCCc2ccc(Cl)cc2Cl)n1. The molecular formula is C17H22Cl2N4. The van der Waals surface area contributed by atoms with Gasteiger partial charge in [-0.15, -0.1) is 0 Å². The third-order valence-electron chi connectivity index (χ3n) is 3.56. The van der Waals surface area contributed by atoms with E-state index in [9.17, 15) is 0 Å². The predicted octanol–water partition coefficient (Wildman–Crippen LogP) is 4.96. The van der Waals surface area contributed by atoms with E-state index in [4.69, 9.17) is 23.2 Å². The van der Waals surface area contributed by atoms with Crippen molar-refractivity contribution < 1.29 is 0 Å². The molecule has 6 heteroatoms. The highest BCUT2D eigenvalue weighted by Gasteiger charge is 2.06. The zero-order valence-electron chi connectivity index (χ0n) is 13.7. The molecule has 0 saturated heterocycles. The Balaban J connectivity index is 1.97. The van der Waals surface area contributed by atoms with Gasteiger partial charge >= 0.3 is 0 Å². The molecule has 0 saturated carbocycles. The van der Waals surface area contributed by atoms with E-state index in [0.29, 0.717) is 22.0 Å². The first-order chi connectivity index (χ1) is 11.0. The average Bonchev–Trinajstić information content (AvgIpc) is 2.49. The van der Waals surface area contributed by atoms with E-state index in [0.717, 1.165) is 36.5 Å². The van der Waals surface area contributed by atoms with Gasteiger partial charge in [-0.3, -0.25) is 0 Å². The van der Waals surface area contributed by atoms with Crippen molar-refractivity contribution in [2.45, 2.75) is 39.7 Å². The monoisotopic (exact) mass is 352 g/mol. The summed E-state index contributed by atoms with van der Waals surface area (Å²) in [7, 11) is 0. The molecule has 0 aliphatic rings. The minimum Gasteiger partial charge on any atom is -0.370 e. The summed E-state index contributed by atoms with van der Waals surface area (Å²) in [5.74, 6) is 1.47. The van der Waals surface area contributed by atoms with E-state index in [1.807, 2.05) is 25.1 Å². The van der Waals surface area contributed by atoms with E-state index in [-0.39, 0.29) is 0 Å². The lowest BCUT2D eigenvalue weighted by Crippen LogP contribution is -2.17. The summed E-state index contributed by atoms with van der Waals surface area (Å²) in [6, 6.07) is 7.85. The van der Waals surface area contributed by atoms with Gasteiger partial charge in [-0.25, -0.2) is 4.98 Å². The molecule has 2 rings (SSSR count). The molecule has 124 valence electrons. The fourth-order valence-electron chi connectivity index (χ4n) is 2.10. The quantitative estimate of drug-likeness (QED) is 0.739. The highest BCUT2D eigenvalue weighted by atomic mass is 35.5. The molecule has 0 bridgehead atoms. The average molecular weight is 353 g/mol. The summed E-state index contributed by atoms with van der Waals surface area (Å²) in [5, 5.41) is 7.97. The van der Waals surface area contributed by atoms with Gasteiger partial charge in [-0.05, 0) is 44.4 Å². The summed E-state index contributed by atoms with van der Waals surface area (Å²) in [4.78, 5) is 8.92. The maximum Gasteiger partial charge on any atom is 0.225 e. The van der Waals surface area contributed by atoms with Crippen molar-refractivity contribution in [3.8, 4) is 0 Å². The molecule has 2 aromatic rings. The Kier molecular flexibility index (Phi) is 6.48. The number of hydrogen-bond donors (Lipinski definition) is 2. The lowest BCUT2D eigenvalue weighted by Gasteiger charge is -2.13. The summed E-state index contributed by atoms with van der Waals surface area (Å²) in [6.07, 6.45) is 1.82. The molecule has 4 nitrogen and oxygen atoms in total. The van der Waals surface area contributed by atoms with Crippen molar-refractivity contribution in [1.82, 2.24) is 9.97 Å². The van der Waals surface area contributed by atoms with Crippen molar-refractivity contribution in [2.24, 2.45) is 0 Å². The van der Waals surface area contributed by atoms with Gasteiger partial charge in [0.2, 0.25) is 5.95 Å². The van der Waals surface area contributed by atoms with Crippen molar-refractivity contribution >= 4 is 35.0 Å². The van der Waals surface area contributed by atoms with Crippen LogP contribution in [0.25, 0.3) is 0 Å². The van der Waals surface area contributed by atoms with E-state index in [1.54, 1.807) is 6.07 Å². The normalized spacial score (nSPS) is 12.0. The van der Waals surface area contributed by atoms with Gasteiger partial charge in [0.05, 0.1) is 0 Å². The fraction of sp³-hybridized carbons (Fsp3) is 0.412. The molecule has 1 heterocycles. The standard InChI is InChI=1S/C17H22Cl2N4/c1-4-11(2)21-17-22-12(3)9-16(23-17)20-8-7-13-5-6-14(18)10-15(13)19/h5-6,9-11H,4,7-8H2,1-3H3,(H2,20,21,22,23). The molecule has 1 aromatic heterocycles. The second-order valence-electron chi connectivity index (χ2n) is 5.58. The molecule has 0 amide bonds. The number of rotatable bonds is 7. The molecule has 0 aliphatic carbocycles. The lowest BCUT2D eigenvalue weighted by molar-refractivity contribution is 0.751. The molecule has 23 heavy (non-hydrogen) atoms. The second kappa shape index (κ2) is 8.37. The van der Waals surface area contributed by atoms with Crippen LogP contribution < -0.4 is 10.6 Å². The van der Waals surface area contributed by atoms with Gasteiger partial charge in [0.1, 0.15) is 5.82 Å². The van der Waals surface area contributed by atoms with Crippen LogP contribution in [-0.4, -0.2) is 22.6 Å². The van der Waals surface area contributed by atoms with Crippen LogP contribution in [0.5, 0.6) is 0 Å². The molecule has 1 unspecified atom stereocenters. The predicted molar refractivity (Wildman–Crippen MR) is 98.8 cm³/mol. The Hall–Kier alpha value is -1.52. The van der Waals surface area contributed by atoms with Gasteiger partial charge in [0.15, 0.2) is 0 Å². The van der Waals surface area contributed by atoms with Gasteiger partial charge in [-0.1, -0.05) is 36.2 Å². The second-order valence-corrected chi connectivity index (χ2v) is 6.43. The molecular weight excluding hydrogens is 331 g/mol. The Morgan fingerprint density at radius 1 is 1.17 bits per heavy atom. The topological polar surface area (TPSA) is 49.8 Å². The molecule has 0 aliphatic heterocycles. The molecule has 0 spiro atoms. The number of halogens is 2. The summed E-state index contributed by atoms with van der Waals surface area (Å²) in [5.41, 5.74) is 1.99. The van der Waals surface area contributed by atoms with E-state index in [2.05, 4.69) is 34.4 Å². The van der Waals surface area contributed by atoms with Crippen LogP contribution in [0.1, 0.15) is 31.5 Å². The number of hydrogen-bond acceptors (Lipinski definition) is 4. The molecule has 0 fully saturated rings. The molecule has 2 N–H and O–H groups in total. The highest BCUT2D eigenvalue weighted by molar-refractivity contribution is 6.35. The maximum atomic E-state index is 6.19. The zero-order valence-corrected chi connectivity index (χ0v) is 15.2. The largest absolute Gasteiger partial charge is 0.370 e. The highest BCUT2D eigenvalue weighted by Crippen LogP contribution is 2.21. The Morgan fingerprint density at radius 2 is 1.96 bits per heavy atom. The summed E-state index contributed by atoms with van der Waals surface area (Å²) >= 11 is 12.1. The molecule has 0 radical (unpaired) electrons. The van der Waals surface area contributed by atoms with Crippen LogP contribution in [0.2, 0.25) is 10.0 Å². The van der Waals surface area contributed by atoms with Gasteiger partial charge < -0.3 is 10.6 Å². The van der Waals surface area contributed by atoms with Crippen molar-refractivity contribution in [3.05, 3.63) is 45.6 Å². The van der Waals surface area contributed by atoms with Crippen molar-refractivity contribution in [3.63, 3.8) is 0 Å². The smallest absolute Gasteiger partial charge is 0.225 e. The third kappa shape index (κ3) is 5.56. The van der Waals surface area contributed by atoms with Crippen LogP contribution in [0.3, 0.4) is 0 Å².